The third kappa shape index (κ3) is 6.41. The number of nitrogens with zero attached hydrogens (tertiary/aromatic N) is 3. The van der Waals surface area contributed by atoms with E-state index < -0.39 is 0 Å². The second kappa shape index (κ2) is 12.0. The van der Waals surface area contributed by atoms with Gasteiger partial charge in [0, 0.05) is 24.8 Å². The summed E-state index contributed by atoms with van der Waals surface area (Å²) in [6.07, 6.45) is 4.12. The maximum absolute atomic E-state index is 12.3. The molecule has 0 atom stereocenters. The van der Waals surface area contributed by atoms with Crippen molar-refractivity contribution in [3.63, 3.8) is 0 Å². The predicted molar refractivity (Wildman–Crippen MR) is 124 cm³/mol. The molecule has 1 fully saturated rings. The molecule has 3 N–H and O–H groups in total. The molecule has 1 saturated heterocycles. The lowest BCUT2D eigenvalue weighted by Gasteiger charge is -2.36. The van der Waals surface area contributed by atoms with Gasteiger partial charge in [0.15, 0.2) is 0 Å². The number of hydrogen-bond acceptors (Lipinski definition) is 5. The lowest BCUT2D eigenvalue weighted by Crippen LogP contribution is -2.42. The molecule has 3 rings (SSSR count). The molecule has 2 heterocycles. The summed E-state index contributed by atoms with van der Waals surface area (Å²) in [7, 11) is 4.28. The zero-order valence-corrected chi connectivity index (χ0v) is 18.4. The van der Waals surface area contributed by atoms with Crippen LogP contribution in [0.15, 0.2) is 42.6 Å². The number of nitrogen functional groups attached to an aromatic ring is 1. The summed E-state index contributed by atoms with van der Waals surface area (Å²) in [6.45, 7) is 2.05. The van der Waals surface area contributed by atoms with E-state index in [0.29, 0.717) is 23.1 Å². The number of nitrogens with two attached hydrogens (primary N) is 1. The second-order valence-corrected chi connectivity index (χ2v) is 6.62. The molecule has 28 heavy (non-hydrogen) atoms. The van der Waals surface area contributed by atoms with Crippen LogP contribution in [-0.4, -0.2) is 49.0 Å². The topological polar surface area (TPSA) is 74.5 Å². The number of carbonyl (C=O) groups excluding carboxylic acids is 1. The normalized spacial score (nSPS) is 13.8. The number of benzene rings is 1. The Morgan fingerprint density at radius 2 is 1.75 bits per heavy atom. The number of rotatable bonds is 4. The van der Waals surface area contributed by atoms with Gasteiger partial charge in [0.2, 0.25) is 0 Å². The molecule has 2 aromatic rings. The molecule has 9 heteroatoms. The average Bonchev–Trinajstić information content (AvgIpc) is 2.63. The first-order chi connectivity index (χ1) is 12.0. The fourth-order valence-electron chi connectivity index (χ4n) is 3.17. The van der Waals surface area contributed by atoms with Crippen molar-refractivity contribution in [2.45, 2.75) is 18.9 Å². The number of para-hydroxylation sites is 1. The predicted octanol–water partition coefficient (Wildman–Crippen LogP) is 3.71. The van der Waals surface area contributed by atoms with Crippen LogP contribution >= 0.6 is 37.2 Å². The molecule has 1 aliphatic heterocycles. The molecule has 0 saturated carbocycles. The van der Waals surface area contributed by atoms with Gasteiger partial charge in [-0.25, -0.2) is 4.98 Å². The molecule has 1 amide bonds. The van der Waals surface area contributed by atoms with E-state index in [1.165, 1.54) is 0 Å². The van der Waals surface area contributed by atoms with Gasteiger partial charge >= 0.3 is 0 Å². The molecule has 0 aliphatic carbocycles. The number of anilines is 3. The summed E-state index contributed by atoms with van der Waals surface area (Å²) in [5.74, 6) is 0.283. The first-order valence-electron chi connectivity index (χ1n) is 8.58. The summed E-state index contributed by atoms with van der Waals surface area (Å²) in [5.41, 5.74) is 7.85. The summed E-state index contributed by atoms with van der Waals surface area (Å²) < 4.78 is 0. The molecule has 6 nitrogen and oxygen atoms in total. The highest BCUT2D eigenvalue weighted by Gasteiger charge is 2.21. The zero-order chi connectivity index (χ0) is 17.8. The van der Waals surface area contributed by atoms with Crippen LogP contribution in [0.1, 0.15) is 23.2 Å². The smallest absolute Gasteiger partial charge is 0.258 e. The molecule has 156 valence electrons. The largest absolute Gasteiger partial charge is 0.398 e. The van der Waals surface area contributed by atoms with Crippen molar-refractivity contribution in [2.75, 3.05) is 43.1 Å². The summed E-state index contributed by atoms with van der Waals surface area (Å²) in [5, 5.41) is 2.80. The summed E-state index contributed by atoms with van der Waals surface area (Å²) >= 11 is 0. The van der Waals surface area contributed by atoms with Gasteiger partial charge in [0.05, 0.1) is 17.4 Å². The molecule has 0 radical (unpaired) electrons. The van der Waals surface area contributed by atoms with Gasteiger partial charge < -0.3 is 20.9 Å². The molecule has 0 unspecified atom stereocenters. The third-order valence-electron chi connectivity index (χ3n) is 4.75. The van der Waals surface area contributed by atoms with Gasteiger partial charge in [-0.15, -0.1) is 37.2 Å². The third-order valence-corrected chi connectivity index (χ3v) is 4.75. The van der Waals surface area contributed by atoms with Crippen LogP contribution in [0.3, 0.4) is 0 Å². The number of nitrogens with one attached hydrogen (secondary N) is 1. The maximum atomic E-state index is 12.3. The maximum Gasteiger partial charge on any atom is 0.258 e. The standard InChI is InChI=1S/C19H25N5O.3ClH/c1-23(2)14-9-11-24(12-10-14)15-7-8-18(21-13-15)22-19(25)16-5-3-4-6-17(16)20;;;/h3-8,13-14H,9-12,20H2,1-2H3,(H,21,22,25);3*1H. The Morgan fingerprint density at radius 1 is 1.11 bits per heavy atom. The fourth-order valence-corrected chi connectivity index (χ4v) is 3.17. The number of amides is 1. The van der Waals surface area contributed by atoms with Crippen LogP contribution in [-0.2, 0) is 0 Å². The minimum atomic E-state index is -0.245. The number of piperidine rings is 1. The van der Waals surface area contributed by atoms with E-state index >= 15 is 0 Å². The Balaban J connectivity index is 0.00000243. The Kier molecular flexibility index (Phi) is 11.2. The molecular formula is C19H28Cl3N5O. The van der Waals surface area contributed by atoms with Crippen molar-refractivity contribution in [1.82, 2.24) is 9.88 Å². The van der Waals surface area contributed by atoms with Crippen LogP contribution in [0, 0.1) is 0 Å². The van der Waals surface area contributed by atoms with Gasteiger partial charge in [-0.3, -0.25) is 4.79 Å². The minimum absolute atomic E-state index is 0. The van der Waals surface area contributed by atoms with Crippen LogP contribution in [0.25, 0.3) is 0 Å². The Morgan fingerprint density at radius 3 is 2.29 bits per heavy atom. The highest BCUT2D eigenvalue weighted by atomic mass is 35.5. The zero-order valence-electron chi connectivity index (χ0n) is 16.0. The van der Waals surface area contributed by atoms with Crippen molar-refractivity contribution in [1.29, 1.82) is 0 Å². The SMILES string of the molecule is CN(C)C1CCN(c2ccc(NC(=O)c3ccccc3N)nc2)CC1.Cl.Cl.Cl. The van der Waals surface area contributed by atoms with Crippen molar-refractivity contribution in [3.05, 3.63) is 48.2 Å². The van der Waals surface area contributed by atoms with Gasteiger partial charge in [0.25, 0.3) is 5.91 Å². The van der Waals surface area contributed by atoms with Crippen molar-refractivity contribution in [2.24, 2.45) is 0 Å². The van der Waals surface area contributed by atoms with Gasteiger partial charge in [-0.05, 0) is 51.2 Å². The van der Waals surface area contributed by atoms with Crippen molar-refractivity contribution >= 4 is 60.3 Å². The second-order valence-electron chi connectivity index (χ2n) is 6.62. The lowest BCUT2D eigenvalue weighted by molar-refractivity contribution is 0.102. The molecular weight excluding hydrogens is 421 g/mol. The van der Waals surface area contributed by atoms with E-state index in [1.807, 2.05) is 18.3 Å². The van der Waals surface area contributed by atoms with Crippen LogP contribution in [0.4, 0.5) is 17.2 Å². The molecule has 1 aromatic carbocycles. The number of pyridine rings is 1. The molecule has 0 spiro atoms. The van der Waals surface area contributed by atoms with E-state index in [2.05, 4.69) is 34.2 Å². The first kappa shape index (κ1) is 26.3. The Hall–Kier alpha value is -1.73. The number of hydrogen-bond donors (Lipinski definition) is 2. The summed E-state index contributed by atoms with van der Waals surface area (Å²) in [4.78, 5) is 21.3. The average molecular weight is 449 g/mol. The van der Waals surface area contributed by atoms with Crippen molar-refractivity contribution < 1.29 is 4.79 Å². The summed E-state index contributed by atoms with van der Waals surface area (Å²) in [6, 6.07) is 11.5. The molecule has 1 aliphatic rings. The van der Waals surface area contributed by atoms with E-state index in [4.69, 9.17) is 5.73 Å². The monoisotopic (exact) mass is 447 g/mol. The lowest BCUT2D eigenvalue weighted by atomic mass is 10.0. The molecule has 0 bridgehead atoms. The van der Waals surface area contributed by atoms with Gasteiger partial charge in [-0.2, -0.15) is 0 Å². The fraction of sp³-hybridized carbons (Fsp3) is 0.368. The van der Waals surface area contributed by atoms with Gasteiger partial charge in [0.1, 0.15) is 5.82 Å². The van der Waals surface area contributed by atoms with Gasteiger partial charge in [-0.1, -0.05) is 12.1 Å². The van der Waals surface area contributed by atoms with Crippen LogP contribution in [0.2, 0.25) is 0 Å². The highest BCUT2D eigenvalue weighted by Crippen LogP contribution is 2.22. The van der Waals surface area contributed by atoms with E-state index in [1.54, 1.807) is 24.3 Å². The van der Waals surface area contributed by atoms with Crippen molar-refractivity contribution in [3.8, 4) is 0 Å². The van der Waals surface area contributed by atoms with E-state index in [0.717, 1.165) is 31.6 Å². The number of aromatic nitrogens is 1. The van der Waals surface area contributed by atoms with E-state index in [-0.39, 0.29) is 43.1 Å². The highest BCUT2D eigenvalue weighted by molar-refractivity contribution is 6.07. The Labute approximate surface area is 185 Å². The van der Waals surface area contributed by atoms with Crippen LogP contribution < -0.4 is 16.0 Å². The quantitative estimate of drug-likeness (QED) is 0.697. The number of carbonyl (C=O) groups is 1. The van der Waals surface area contributed by atoms with Crippen LogP contribution in [0.5, 0.6) is 0 Å². The first-order valence-corrected chi connectivity index (χ1v) is 8.58. The molecule has 1 aromatic heterocycles. The minimum Gasteiger partial charge on any atom is -0.398 e. The number of halogens is 3. The Bertz CT molecular complexity index is 735. The van der Waals surface area contributed by atoms with E-state index in [9.17, 15) is 4.79 Å².